The summed E-state index contributed by atoms with van der Waals surface area (Å²) in [6.07, 6.45) is 1.54. The SMILES string of the molecule is COc1cccc(N2CCN(c3cc(SCC(=O)Nc4ccccc4C#N)ncn3)CC2)c1. The Labute approximate surface area is 197 Å². The lowest BCUT2D eigenvalue weighted by atomic mass is 10.2. The quantitative estimate of drug-likeness (QED) is 0.423. The lowest BCUT2D eigenvalue weighted by Crippen LogP contribution is -2.46. The summed E-state index contributed by atoms with van der Waals surface area (Å²) in [5.41, 5.74) is 2.10. The molecule has 9 heteroatoms. The van der Waals surface area contributed by atoms with Gasteiger partial charge in [0.05, 0.1) is 24.1 Å². The minimum absolute atomic E-state index is 0.185. The predicted octanol–water partition coefficient (Wildman–Crippen LogP) is 3.41. The van der Waals surface area contributed by atoms with E-state index < -0.39 is 0 Å². The number of nitrogens with zero attached hydrogens (tertiary/aromatic N) is 5. The molecule has 1 aromatic heterocycles. The topological polar surface area (TPSA) is 94.4 Å². The Morgan fingerprint density at radius 3 is 2.67 bits per heavy atom. The average Bonchev–Trinajstić information content (AvgIpc) is 2.88. The van der Waals surface area contributed by atoms with Crippen LogP contribution in [0.3, 0.4) is 0 Å². The highest BCUT2D eigenvalue weighted by molar-refractivity contribution is 7.99. The molecule has 0 saturated carbocycles. The van der Waals surface area contributed by atoms with E-state index in [1.807, 2.05) is 18.2 Å². The normalized spacial score (nSPS) is 13.3. The smallest absolute Gasteiger partial charge is 0.234 e. The van der Waals surface area contributed by atoms with E-state index in [1.54, 1.807) is 31.4 Å². The zero-order valence-corrected chi connectivity index (χ0v) is 19.1. The highest BCUT2D eigenvalue weighted by Gasteiger charge is 2.19. The fourth-order valence-electron chi connectivity index (χ4n) is 3.60. The molecule has 168 valence electrons. The number of rotatable bonds is 7. The van der Waals surface area contributed by atoms with E-state index in [2.05, 4.69) is 43.3 Å². The fraction of sp³-hybridized carbons (Fsp3) is 0.250. The monoisotopic (exact) mass is 460 g/mol. The second-order valence-corrected chi connectivity index (χ2v) is 8.38. The molecule has 4 rings (SSSR count). The van der Waals surface area contributed by atoms with Gasteiger partial charge in [0.25, 0.3) is 0 Å². The Morgan fingerprint density at radius 1 is 1.09 bits per heavy atom. The summed E-state index contributed by atoms with van der Waals surface area (Å²) in [4.78, 5) is 25.6. The third kappa shape index (κ3) is 5.73. The van der Waals surface area contributed by atoms with Crippen LogP contribution >= 0.6 is 11.8 Å². The van der Waals surface area contributed by atoms with Gasteiger partial charge in [0.1, 0.15) is 29.0 Å². The van der Waals surface area contributed by atoms with E-state index in [-0.39, 0.29) is 11.7 Å². The minimum atomic E-state index is -0.185. The van der Waals surface area contributed by atoms with Gasteiger partial charge in [-0.25, -0.2) is 9.97 Å². The van der Waals surface area contributed by atoms with Gasteiger partial charge in [-0.15, -0.1) is 0 Å². The molecule has 1 aliphatic heterocycles. The number of hydrogen-bond acceptors (Lipinski definition) is 8. The maximum Gasteiger partial charge on any atom is 0.234 e. The molecular weight excluding hydrogens is 436 g/mol. The number of para-hydroxylation sites is 1. The van der Waals surface area contributed by atoms with E-state index >= 15 is 0 Å². The first-order chi connectivity index (χ1) is 16.2. The van der Waals surface area contributed by atoms with Crippen LogP contribution in [0.15, 0.2) is 66.0 Å². The van der Waals surface area contributed by atoms with Crippen molar-refractivity contribution in [3.63, 3.8) is 0 Å². The first kappa shape index (κ1) is 22.4. The standard InChI is InChI=1S/C24H24N6O2S/c1-32-20-7-4-6-19(13-20)29-9-11-30(12-10-29)22-14-24(27-17-26-22)33-16-23(31)28-21-8-3-2-5-18(21)15-25/h2-8,13-14,17H,9-12,16H2,1H3,(H,28,31). The number of nitrogens with one attached hydrogen (secondary N) is 1. The molecule has 0 aliphatic carbocycles. The van der Waals surface area contributed by atoms with Gasteiger partial charge in [-0.3, -0.25) is 4.79 Å². The molecule has 2 heterocycles. The van der Waals surface area contributed by atoms with E-state index in [0.717, 1.165) is 48.5 Å². The summed E-state index contributed by atoms with van der Waals surface area (Å²) < 4.78 is 5.33. The van der Waals surface area contributed by atoms with Crippen LogP contribution in [0.2, 0.25) is 0 Å². The van der Waals surface area contributed by atoms with Gasteiger partial charge in [-0.05, 0) is 24.3 Å². The molecule has 0 atom stereocenters. The summed E-state index contributed by atoms with van der Waals surface area (Å²) >= 11 is 1.34. The number of thioether (sulfide) groups is 1. The van der Waals surface area contributed by atoms with Crippen molar-refractivity contribution in [1.82, 2.24) is 9.97 Å². The zero-order valence-electron chi connectivity index (χ0n) is 18.3. The van der Waals surface area contributed by atoms with Gasteiger partial charge in [0.15, 0.2) is 0 Å². The Kier molecular flexibility index (Phi) is 7.27. The van der Waals surface area contributed by atoms with Crippen LogP contribution in [0.4, 0.5) is 17.2 Å². The number of carbonyl (C=O) groups excluding carboxylic acids is 1. The molecule has 1 aliphatic rings. The van der Waals surface area contributed by atoms with Gasteiger partial charge in [0.2, 0.25) is 5.91 Å². The first-order valence-corrected chi connectivity index (χ1v) is 11.5. The van der Waals surface area contributed by atoms with Crippen molar-refractivity contribution >= 4 is 34.9 Å². The zero-order chi connectivity index (χ0) is 23.0. The Morgan fingerprint density at radius 2 is 1.88 bits per heavy atom. The Hall–Kier alpha value is -3.77. The predicted molar refractivity (Wildman–Crippen MR) is 130 cm³/mol. The highest BCUT2D eigenvalue weighted by atomic mass is 32.2. The van der Waals surface area contributed by atoms with Crippen molar-refractivity contribution in [2.24, 2.45) is 0 Å². The van der Waals surface area contributed by atoms with Crippen molar-refractivity contribution in [3.8, 4) is 11.8 Å². The maximum atomic E-state index is 12.3. The number of anilines is 3. The lowest BCUT2D eigenvalue weighted by Gasteiger charge is -2.36. The molecule has 0 radical (unpaired) electrons. The number of amides is 1. The van der Waals surface area contributed by atoms with Gasteiger partial charge in [0, 0.05) is 44.0 Å². The third-order valence-corrected chi connectivity index (χ3v) is 6.25. The van der Waals surface area contributed by atoms with Gasteiger partial charge < -0.3 is 19.9 Å². The van der Waals surface area contributed by atoms with E-state index in [9.17, 15) is 4.79 Å². The summed E-state index contributed by atoms with van der Waals surface area (Å²) in [7, 11) is 1.68. The third-order valence-electron chi connectivity index (χ3n) is 5.32. The fourth-order valence-corrected chi connectivity index (χ4v) is 4.26. The molecule has 0 spiro atoms. The van der Waals surface area contributed by atoms with Crippen LogP contribution in [0.5, 0.6) is 5.75 Å². The summed E-state index contributed by atoms with van der Waals surface area (Å²) in [5, 5.41) is 12.7. The molecule has 1 fully saturated rings. The number of carbonyl (C=O) groups is 1. The van der Waals surface area contributed by atoms with E-state index in [0.29, 0.717) is 11.3 Å². The maximum absolute atomic E-state index is 12.3. The molecule has 1 N–H and O–H groups in total. The van der Waals surface area contributed by atoms with Gasteiger partial charge in [-0.1, -0.05) is 30.0 Å². The van der Waals surface area contributed by atoms with Crippen molar-refractivity contribution in [2.45, 2.75) is 5.03 Å². The van der Waals surface area contributed by atoms with Crippen molar-refractivity contribution < 1.29 is 9.53 Å². The Bertz CT molecular complexity index is 1160. The van der Waals surface area contributed by atoms with Crippen LogP contribution in [-0.4, -0.2) is 54.9 Å². The van der Waals surface area contributed by atoms with E-state index in [4.69, 9.17) is 10.00 Å². The summed E-state index contributed by atoms with van der Waals surface area (Å²) in [5.74, 6) is 1.72. The Balaban J connectivity index is 1.32. The molecule has 3 aromatic rings. The van der Waals surface area contributed by atoms with Crippen LogP contribution < -0.4 is 19.9 Å². The number of benzene rings is 2. The first-order valence-electron chi connectivity index (χ1n) is 10.5. The number of nitriles is 1. The number of hydrogen-bond donors (Lipinski definition) is 1. The van der Waals surface area contributed by atoms with Crippen LogP contribution in [0.1, 0.15) is 5.56 Å². The molecule has 2 aromatic carbocycles. The number of piperazine rings is 1. The molecule has 1 saturated heterocycles. The van der Waals surface area contributed by atoms with Crippen LogP contribution in [-0.2, 0) is 4.79 Å². The summed E-state index contributed by atoms with van der Waals surface area (Å²) in [6, 6.07) is 19.0. The van der Waals surface area contributed by atoms with Crippen molar-refractivity contribution in [1.29, 1.82) is 5.26 Å². The largest absolute Gasteiger partial charge is 0.497 e. The van der Waals surface area contributed by atoms with E-state index in [1.165, 1.54) is 18.1 Å². The molecule has 1 amide bonds. The van der Waals surface area contributed by atoms with Crippen molar-refractivity contribution in [2.75, 3.05) is 54.2 Å². The van der Waals surface area contributed by atoms with Crippen LogP contribution in [0.25, 0.3) is 0 Å². The number of aromatic nitrogens is 2. The average molecular weight is 461 g/mol. The van der Waals surface area contributed by atoms with Crippen molar-refractivity contribution in [3.05, 3.63) is 66.5 Å². The number of ether oxygens (including phenoxy) is 1. The number of methoxy groups -OCH3 is 1. The molecule has 0 bridgehead atoms. The van der Waals surface area contributed by atoms with Gasteiger partial charge in [-0.2, -0.15) is 5.26 Å². The second-order valence-electron chi connectivity index (χ2n) is 7.38. The molecule has 33 heavy (non-hydrogen) atoms. The molecule has 0 unspecified atom stereocenters. The van der Waals surface area contributed by atoms with Gasteiger partial charge >= 0.3 is 0 Å². The lowest BCUT2D eigenvalue weighted by molar-refractivity contribution is -0.113. The molecular formula is C24H24N6O2S. The minimum Gasteiger partial charge on any atom is -0.497 e. The molecule has 8 nitrogen and oxygen atoms in total. The highest BCUT2D eigenvalue weighted by Crippen LogP contribution is 2.25. The second kappa shape index (κ2) is 10.7. The summed E-state index contributed by atoms with van der Waals surface area (Å²) in [6.45, 7) is 3.42. The van der Waals surface area contributed by atoms with Crippen LogP contribution in [0, 0.1) is 11.3 Å².